The normalized spacial score (nSPS) is 20.3. The van der Waals surface area contributed by atoms with Crippen molar-refractivity contribution < 1.29 is 18.8 Å². The van der Waals surface area contributed by atoms with Gasteiger partial charge in [-0.3, -0.25) is 14.4 Å². The molecule has 3 atom stereocenters. The van der Waals surface area contributed by atoms with Gasteiger partial charge < -0.3 is 24.9 Å². The number of nitrogens with one attached hydrogen (secondary N) is 3. The Bertz CT molecular complexity index is 1530. The van der Waals surface area contributed by atoms with Crippen LogP contribution in [0.25, 0.3) is 10.9 Å². The maximum Gasteiger partial charge on any atom is 0.256 e. The van der Waals surface area contributed by atoms with E-state index in [9.17, 15) is 14.4 Å². The number of thioether (sulfide) groups is 1. The first-order valence-electron chi connectivity index (χ1n) is 12.6. The largest absolute Gasteiger partial charge is 0.467 e. The van der Waals surface area contributed by atoms with Crippen molar-refractivity contribution in [2.24, 2.45) is 0 Å². The van der Waals surface area contributed by atoms with E-state index in [1.54, 1.807) is 41.1 Å². The molecule has 2 aromatic heterocycles. The molecule has 8 nitrogen and oxygen atoms in total. The topological polar surface area (TPSA) is 107 Å². The molecule has 1 fully saturated rings. The van der Waals surface area contributed by atoms with Crippen molar-refractivity contribution in [3.8, 4) is 0 Å². The van der Waals surface area contributed by atoms with E-state index in [4.69, 9.17) is 4.42 Å². The number of rotatable bonds is 7. The first-order chi connectivity index (χ1) is 18.3. The Kier molecular flexibility index (Phi) is 6.03. The highest BCUT2D eigenvalue weighted by Gasteiger charge is 2.57. The fourth-order valence-electron chi connectivity index (χ4n) is 5.50. The van der Waals surface area contributed by atoms with Gasteiger partial charge in [-0.25, -0.2) is 0 Å². The lowest BCUT2D eigenvalue weighted by molar-refractivity contribution is -0.131. The van der Waals surface area contributed by atoms with Gasteiger partial charge in [-0.2, -0.15) is 0 Å². The summed E-state index contributed by atoms with van der Waals surface area (Å²) in [5, 5.41) is 6.65. The molecule has 2 aliphatic heterocycles. The van der Waals surface area contributed by atoms with E-state index in [0.29, 0.717) is 11.3 Å². The Morgan fingerprint density at radius 2 is 1.89 bits per heavy atom. The van der Waals surface area contributed by atoms with Gasteiger partial charge in [-0.05, 0) is 49.2 Å². The zero-order chi connectivity index (χ0) is 26.4. The number of benzene rings is 2. The van der Waals surface area contributed by atoms with Gasteiger partial charge in [0.05, 0.1) is 12.8 Å². The second-order valence-electron chi connectivity index (χ2n) is 10.2. The highest BCUT2D eigenvalue weighted by Crippen LogP contribution is 2.56. The minimum absolute atomic E-state index is 0.153. The second kappa shape index (κ2) is 9.40. The molecule has 4 aromatic rings. The third-order valence-corrected chi connectivity index (χ3v) is 8.83. The molecular weight excluding hydrogens is 500 g/mol. The van der Waals surface area contributed by atoms with E-state index in [0.717, 1.165) is 22.0 Å². The highest BCUT2D eigenvalue weighted by molar-refractivity contribution is 8.01. The van der Waals surface area contributed by atoms with Crippen molar-refractivity contribution in [2.75, 3.05) is 0 Å². The Balaban J connectivity index is 1.27. The number of carbonyl (C=O) groups excluding carboxylic acids is 3. The molecule has 2 aliphatic rings. The van der Waals surface area contributed by atoms with Crippen molar-refractivity contribution in [2.45, 2.75) is 49.0 Å². The van der Waals surface area contributed by atoms with Crippen LogP contribution in [0.4, 0.5) is 0 Å². The predicted molar refractivity (Wildman–Crippen MR) is 145 cm³/mol. The molecule has 6 rings (SSSR count). The smallest absolute Gasteiger partial charge is 0.256 e. The van der Waals surface area contributed by atoms with Crippen molar-refractivity contribution in [1.29, 1.82) is 0 Å². The standard InChI is InChI=1S/C29H28N4O4S/c1-29(2)24(33-27(36)20-10-3-4-11-21(20)28(33)38-29)26(35)32-23(25(34)31-16-18-8-7-13-37-18)14-17-15-30-22-12-6-5-9-19(17)22/h3-13,15,23-24,28,30H,14,16H2,1-2H3,(H,31,34)(H,32,35). The summed E-state index contributed by atoms with van der Waals surface area (Å²) in [5.41, 5.74) is 3.43. The molecular formula is C29H28N4O4S. The quantitative estimate of drug-likeness (QED) is 0.334. The molecule has 38 heavy (non-hydrogen) atoms. The Morgan fingerprint density at radius 1 is 1.11 bits per heavy atom. The molecule has 0 radical (unpaired) electrons. The number of para-hydroxylation sites is 1. The monoisotopic (exact) mass is 528 g/mol. The van der Waals surface area contributed by atoms with Crippen molar-refractivity contribution in [1.82, 2.24) is 20.5 Å². The first-order valence-corrected chi connectivity index (χ1v) is 13.5. The third-order valence-electron chi connectivity index (χ3n) is 7.29. The molecule has 194 valence electrons. The summed E-state index contributed by atoms with van der Waals surface area (Å²) in [5.74, 6) is -0.202. The number of hydrogen-bond acceptors (Lipinski definition) is 5. The molecule has 2 aromatic carbocycles. The first kappa shape index (κ1) is 24.4. The van der Waals surface area contributed by atoms with Crippen LogP contribution in [0, 0.1) is 0 Å². The molecule has 0 saturated carbocycles. The van der Waals surface area contributed by atoms with Gasteiger partial charge in [0.1, 0.15) is 23.2 Å². The van der Waals surface area contributed by atoms with E-state index in [1.807, 2.05) is 62.5 Å². The zero-order valence-electron chi connectivity index (χ0n) is 21.1. The van der Waals surface area contributed by atoms with Crippen LogP contribution in [0.15, 0.2) is 77.5 Å². The number of H-pyrrole nitrogens is 1. The van der Waals surface area contributed by atoms with E-state index in [-0.39, 0.29) is 36.1 Å². The van der Waals surface area contributed by atoms with E-state index < -0.39 is 16.8 Å². The molecule has 9 heteroatoms. The SMILES string of the molecule is CC1(C)SC2c3ccccc3C(=O)N2C1C(=O)NC(Cc1c[nH]c2ccccc12)C(=O)NCc1ccco1. The van der Waals surface area contributed by atoms with Gasteiger partial charge in [0, 0.05) is 33.8 Å². The molecule has 1 saturated heterocycles. The van der Waals surface area contributed by atoms with Crippen molar-refractivity contribution in [3.63, 3.8) is 0 Å². The number of furan rings is 1. The van der Waals surface area contributed by atoms with E-state index >= 15 is 0 Å². The Hall–Kier alpha value is -3.98. The molecule has 3 amide bonds. The number of nitrogens with zero attached hydrogens (tertiary/aromatic N) is 1. The number of hydrogen-bond donors (Lipinski definition) is 3. The van der Waals surface area contributed by atoms with Gasteiger partial charge in [0.25, 0.3) is 5.91 Å². The fraction of sp³-hybridized carbons (Fsp3) is 0.276. The highest BCUT2D eigenvalue weighted by atomic mass is 32.2. The van der Waals surface area contributed by atoms with Gasteiger partial charge in [0.15, 0.2) is 0 Å². The summed E-state index contributed by atoms with van der Waals surface area (Å²) < 4.78 is 4.81. The maximum absolute atomic E-state index is 13.9. The van der Waals surface area contributed by atoms with Crippen LogP contribution in [0.5, 0.6) is 0 Å². The summed E-state index contributed by atoms with van der Waals surface area (Å²) >= 11 is 1.60. The van der Waals surface area contributed by atoms with Crippen molar-refractivity contribution in [3.05, 3.63) is 95.6 Å². The van der Waals surface area contributed by atoms with Crippen LogP contribution < -0.4 is 10.6 Å². The average molecular weight is 529 g/mol. The fourth-order valence-corrected chi connectivity index (χ4v) is 7.08. The zero-order valence-corrected chi connectivity index (χ0v) is 21.9. The Labute approximate surface area is 224 Å². The van der Waals surface area contributed by atoms with Crippen LogP contribution in [0.1, 0.15) is 46.5 Å². The molecule has 0 aliphatic carbocycles. The minimum Gasteiger partial charge on any atom is -0.467 e. The predicted octanol–water partition coefficient (Wildman–Crippen LogP) is 4.15. The van der Waals surface area contributed by atoms with Gasteiger partial charge in [-0.1, -0.05) is 36.4 Å². The van der Waals surface area contributed by atoms with Gasteiger partial charge in [0.2, 0.25) is 11.8 Å². The molecule has 3 N–H and O–H groups in total. The summed E-state index contributed by atoms with van der Waals surface area (Å²) in [6, 6.07) is 17.3. The van der Waals surface area contributed by atoms with Crippen LogP contribution in [0.2, 0.25) is 0 Å². The van der Waals surface area contributed by atoms with Gasteiger partial charge >= 0.3 is 0 Å². The van der Waals surface area contributed by atoms with Crippen molar-refractivity contribution >= 4 is 40.4 Å². The maximum atomic E-state index is 13.9. The summed E-state index contributed by atoms with van der Waals surface area (Å²) in [6.45, 7) is 4.16. The van der Waals surface area contributed by atoms with E-state index in [2.05, 4.69) is 15.6 Å². The second-order valence-corrected chi connectivity index (χ2v) is 11.9. The summed E-state index contributed by atoms with van der Waals surface area (Å²) in [6.07, 6.45) is 3.71. The molecule has 0 spiro atoms. The Morgan fingerprint density at radius 3 is 2.71 bits per heavy atom. The number of aromatic amines is 1. The summed E-state index contributed by atoms with van der Waals surface area (Å²) in [4.78, 5) is 45.6. The number of amides is 3. The lowest BCUT2D eigenvalue weighted by atomic mass is 9.99. The lowest BCUT2D eigenvalue weighted by Gasteiger charge is -2.31. The molecule has 4 heterocycles. The van der Waals surface area contributed by atoms with Crippen LogP contribution in [-0.4, -0.2) is 44.4 Å². The average Bonchev–Trinajstić information content (AvgIpc) is 3.68. The number of carbonyl (C=O) groups is 3. The summed E-state index contributed by atoms with van der Waals surface area (Å²) in [7, 11) is 0. The van der Waals surface area contributed by atoms with E-state index in [1.165, 1.54) is 0 Å². The molecule has 3 unspecified atom stereocenters. The van der Waals surface area contributed by atoms with Crippen LogP contribution in [-0.2, 0) is 22.6 Å². The third kappa shape index (κ3) is 4.16. The van der Waals surface area contributed by atoms with Crippen LogP contribution >= 0.6 is 11.8 Å². The van der Waals surface area contributed by atoms with Gasteiger partial charge in [-0.15, -0.1) is 11.8 Å². The minimum atomic E-state index is -0.850. The number of aromatic nitrogens is 1. The molecule has 0 bridgehead atoms. The number of fused-ring (bicyclic) bond motifs is 4. The lowest BCUT2D eigenvalue weighted by Crippen LogP contribution is -2.57. The van der Waals surface area contributed by atoms with Crippen LogP contribution in [0.3, 0.4) is 0 Å².